The summed E-state index contributed by atoms with van der Waals surface area (Å²) in [6.45, 7) is 1.89. The summed E-state index contributed by atoms with van der Waals surface area (Å²) in [6, 6.07) is 6.38. The van der Waals surface area contributed by atoms with Crippen LogP contribution < -0.4 is 5.73 Å². The Kier molecular flexibility index (Phi) is 3.23. The molecule has 0 heterocycles. The van der Waals surface area contributed by atoms with Gasteiger partial charge in [-0.3, -0.25) is 0 Å². The highest BCUT2D eigenvalue weighted by Gasteiger charge is 2.20. The van der Waals surface area contributed by atoms with Crippen molar-refractivity contribution in [3.8, 4) is 0 Å². The van der Waals surface area contributed by atoms with E-state index in [1.807, 2.05) is 6.92 Å². The van der Waals surface area contributed by atoms with Gasteiger partial charge < -0.3 is 21.1 Å². The lowest BCUT2D eigenvalue weighted by atomic mass is 10.0. The van der Waals surface area contributed by atoms with Crippen molar-refractivity contribution in [3.63, 3.8) is 0 Å². The molecule has 4 nitrogen and oxygen atoms in total. The Balaban J connectivity index is 2.79. The van der Waals surface area contributed by atoms with Gasteiger partial charge in [-0.25, -0.2) is 0 Å². The Morgan fingerprint density at radius 1 is 1.21 bits per heavy atom. The van der Waals surface area contributed by atoms with Crippen LogP contribution in [0.15, 0.2) is 24.3 Å². The van der Waals surface area contributed by atoms with Crippen molar-refractivity contribution in [1.29, 1.82) is 0 Å². The van der Waals surface area contributed by atoms with Crippen molar-refractivity contribution in [2.45, 2.75) is 25.4 Å². The number of benzene rings is 1. The van der Waals surface area contributed by atoms with Gasteiger partial charge in [0, 0.05) is 11.6 Å². The summed E-state index contributed by atoms with van der Waals surface area (Å²) in [5, 5.41) is 26.5. The van der Waals surface area contributed by atoms with Gasteiger partial charge in [0.2, 0.25) is 0 Å². The van der Waals surface area contributed by atoms with E-state index >= 15 is 0 Å². The highest BCUT2D eigenvalue weighted by Crippen LogP contribution is 2.15. The average Bonchev–Trinajstić information content (AvgIpc) is 2.02. The summed E-state index contributed by atoms with van der Waals surface area (Å²) in [4.78, 5) is 0. The molecule has 0 aromatic heterocycles. The Hall–Kier alpha value is -0.940. The predicted octanol–water partition coefficient (Wildman–Crippen LogP) is -0.337. The van der Waals surface area contributed by atoms with Gasteiger partial charge in [0.15, 0.2) is 0 Å². The fourth-order valence-electron chi connectivity index (χ4n) is 1.24. The van der Waals surface area contributed by atoms with Crippen molar-refractivity contribution in [2.75, 3.05) is 0 Å². The van der Waals surface area contributed by atoms with E-state index in [2.05, 4.69) is 0 Å². The second-order valence-electron chi connectivity index (χ2n) is 3.51. The van der Waals surface area contributed by atoms with E-state index in [1.54, 1.807) is 12.1 Å². The molecule has 0 saturated carbocycles. The van der Waals surface area contributed by atoms with Gasteiger partial charge >= 0.3 is 5.97 Å². The van der Waals surface area contributed by atoms with Crippen LogP contribution in [0.4, 0.5) is 0 Å². The van der Waals surface area contributed by atoms with Crippen molar-refractivity contribution in [3.05, 3.63) is 35.4 Å². The summed E-state index contributed by atoms with van der Waals surface area (Å²) in [7, 11) is 0. The minimum Gasteiger partial charge on any atom is -0.340 e. The van der Waals surface area contributed by atoms with Gasteiger partial charge in [0.1, 0.15) is 0 Å². The summed E-state index contributed by atoms with van der Waals surface area (Å²) >= 11 is 0. The smallest absolute Gasteiger partial charge is 0.304 e. The van der Waals surface area contributed by atoms with Crippen LogP contribution in [0.3, 0.4) is 0 Å². The molecule has 0 bridgehead atoms. The molecule has 1 atom stereocenters. The van der Waals surface area contributed by atoms with Crippen LogP contribution >= 0.6 is 0 Å². The number of nitrogens with two attached hydrogens (primary N) is 1. The zero-order valence-corrected chi connectivity index (χ0v) is 8.01. The standard InChI is InChI=1S/C10H15NO3/c1-7(11)6-8-2-4-9(5-3-8)10(12,13)14/h2-5,7,12-14H,6,11H2,1H3. The molecule has 1 aromatic carbocycles. The lowest BCUT2D eigenvalue weighted by molar-refractivity contribution is -0.323. The van der Waals surface area contributed by atoms with Crippen molar-refractivity contribution < 1.29 is 15.3 Å². The molecule has 1 aromatic rings. The van der Waals surface area contributed by atoms with Gasteiger partial charge in [-0.15, -0.1) is 0 Å². The second-order valence-corrected chi connectivity index (χ2v) is 3.51. The van der Waals surface area contributed by atoms with Gasteiger partial charge in [0.05, 0.1) is 0 Å². The van der Waals surface area contributed by atoms with E-state index in [-0.39, 0.29) is 11.6 Å². The summed E-state index contributed by atoms with van der Waals surface area (Å²) in [5.41, 5.74) is 6.64. The third-order valence-corrected chi connectivity index (χ3v) is 1.90. The first-order chi connectivity index (χ1) is 6.39. The lowest BCUT2D eigenvalue weighted by Crippen LogP contribution is -2.23. The van der Waals surface area contributed by atoms with Gasteiger partial charge in [-0.05, 0) is 18.9 Å². The molecule has 1 unspecified atom stereocenters. The van der Waals surface area contributed by atoms with E-state index in [1.165, 1.54) is 12.1 Å². The SMILES string of the molecule is CC(N)Cc1ccc(C(O)(O)O)cc1. The fourth-order valence-corrected chi connectivity index (χ4v) is 1.24. The van der Waals surface area contributed by atoms with Crippen molar-refractivity contribution in [2.24, 2.45) is 5.73 Å². The van der Waals surface area contributed by atoms with Crippen LogP contribution in [-0.2, 0) is 12.4 Å². The minimum atomic E-state index is -2.76. The Bertz CT molecular complexity index is 287. The Morgan fingerprint density at radius 2 is 1.71 bits per heavy atom. The molecule has 78 valence electrons. The number of hydrogen-bond acceptors (Lipinski definition) is 4. The van der Waals surface area contributed by atoms with Crippen molar-refractivity contribution >= 4 is 0 Å². The summed E-state index contributed by atoms with van der Waals surface area (Å²) in [5.74, 6) is -2.76. The fraction of sp³-hybridized carbons (Fsp3) is 0.400. The van der Waals surface area contributed by atoms with Crippen LogP contribution in [0.5, 0.6) is 0 Å². The van der Waals surface area contributed by atoms with Crippen LogP contribution in [-0.4, -0.2) is 21.4 Å². The molecule has 0 aliphatic heterocycles. The topological polar surface area (TPSA) is 86.7 Å². The van der Waals surface area contributed by atoms with E-state index in [0.29, 0.717) is 0 Å². The van der Waals surface area contributed by atoms with Crippen LogP contribution in [0.2, 0.25) is 0 Å². The van der Waals surface area contributed by atoms with Crippen LogP contribution in [0.25, 0.3) is 0 Å². The number of hydrogen-bond donors (Lipinski definition) is 4. The molecule has 0 aliphatic carbocycles. The minimum absolute atomic E-state index is 0.0472. The first kappa shape index (κ1) is 11.1. The summed E-state index contributed by atoms with van der Waals surface area (Å²) < 4.78 is 0. The maximum Gasteiger partial charge on any atom is 0.304 e. The predicted molar refractivity (Wildman–Crippen MR) is 52.1 cm³/mol. The zero-order chi connectivity index (χ0) is 10.8. The molecule has 0 saturated heterocycles. The molecular weight excluding hydrogens is 182 g/mol. The molecule has 0 radical (unpaired) electrons. The van der Waals surface area contributed by atoms with Crippen molar-refractivity contribution in [1.82, 2.24) is 0 Å². The van der Waals surface area contributed by atoms with E-state index in [9.17, 15) is 0 Å². The lowest BCUT2D eigenvalue weighted by Gasteiger charge is -2.14. The maximum absolute atomic E-state index is 8.85. The first-order valence-corrected chi connectivity index (χ1v) is 4.41. The highest BCUT2D eigenvalue weighted by atomic mass is 16.7. The van der Waals surface area contributed by atoms with Gasteiger partial charge in [-0.1, -0.05) is 24.3 Å². The molecule has 1 rings (SSSR count). The number of rotatable bonds is 3. The third kappa shape index (κ3) is 3.08. The maximum atomic E-state index is 8.85. The van der Waals surface area contributed by atoms with Gasteiger partial charge in [-0.2, -0.15) is 0 Å². The molecule has 5 N–H and O–H groups in total. The molecule has 0 spiro atoms. The van der Waals surface area contributed by atoms with Crippen LogP contribution in [0.1, 0.15) is 18.1 Å². The highest BCUT2D eigenvalue weighted by molar-refractivity contribution is 5.24. The quantitative estimate of drug-likeness (QED) is 0.499. The van der Waals surface area contributed by atoms with Crippen LogP contribution in [0, 0.1) is 0 Å². The molecule has 0 amide bonds. The monoisotopic (exact) mass is 197 g/mol. The molecule has 4 heteroatoms. The average molecular weight is 197 g/mol. The Morgan fingerprint density at radius 3 is 2.07 bits per heavy atom. The second kappa shape index (κ2) is 4.06. The zero-order valence-electron chi connectivity index (χ0n) is 8.01. The molecule has 0 aliphatic rings. The first-order valence-electron chi connectivity index (χ1n) is 4.41. The van der Waals surface area contributed by atoms with E-state index in [0.717, 1.165) is 12.0 Å². The molecule has 14 heavy (non-hydrogen) atoms. The summed E-state index contributed by atoms with van der Waals surface area (Å²) in [6.07, 6.45) is 0.718. The largest absolute Gasteiger partial charge is 0.340 e. The normalized spacial score (nSPS) is 14.1. The van der Waals surface area contributed by atoms with E-state index < -0.39 is 5.97 Å². The van der Waals surface area contributed by atoms with E-state index in [4.69, 9.17) is 21.1 Å². The Labute approximate surface area is 82.6 Å². The third-order valence-electron chi connectivity index (χ3n) is 1.90. The number of aliphatic hydroxyl groups is 3. The molecule has 0 fully saturated rings. The molecular formula is C10H15NO3. The van der Waals surface area contributed by atoms with Gasteiger partial charge in [0.25, 0.3) is 0 Å².